The van der Waals surface area contributed by atoms with Crippen LogP contribution in [0.3, 0.4) is 0 Å². The Morgan fingerprint density at radius 1 is 1.22 bits per heavy atom. The number of hydrogen-bond donors (Lipinski definition) is 0. The molecule has 0 saturated carbocycles. The minimum atomic E-state index is -3.72. The van der Waals surface area contributed by atoms with Crippen molar-refractivity contribution in [3.63, 3.8) is 0 Å². The summed E-state index contributed by atoms with van der Waals surface area (Å²) < 4.78 is 34.5. The SMILES string of the molecule is COCCN1Cc2c(C(=O)N3CC=CC3)ncn2-c2ccccc2S1(=O)=O. The zero-order chi connectivity index (χ0) is 19.0. The third-order valence-electron chi connectivity index (χ3n) is 4.79. The molecule has 0 saturated heterocycles. The topological polar surface area (TPSA) is 84.7 Å². The molecule has 2 aliphatic rings. The first-order valence-electron chi connectivity index (χ1n) is 8.63. The number of methoxy groups -OCH3 is 1. The highest BCUT2D eigenvalue weighted by Gasteiger charge is 2.35. The first-order valence-corrected chi connectivity index (χ1v) is 10.1. The van der Waals surface area contributed by atoms with Gasteiger partial charge >= 0.3 is 0 Å². The van der Waals surface area contributed by atoms with E-state index in [-0.39, 0.29) is 36.2 Å². The summed E-state index contributed by atoms with van der Waals surface area (Å²) in [6.07, 6.45) is 5.38. The van der Waals surface area contributed by atoms with Gasteiger partial charge in [0.15, 0.2) is 5.69 Å². The van der Waals surface area contributed by atoms with Gasteiger partial charge in [0.05, 0.1) is 24.5 Å². The van der Waals surface area contributed by atoms with Gasteiger partial charge in [0.2, 0.25) is 10.0 Å². The summed E-state index contributed by atoms with van der Waals surface area (Å²) in [5.74, 6) is -0.197. The van der Waals surface area contributed by atoms with Crippen molar-refractivity contribution < 1.29 is 17.9 Å². The van der Waals surface area contributed by atoms with Crippen molar-refractivity contribution in [2.24, 2.45) is 0 Å². The Morgan fingerprint density at radius 2 is 1.96 bits per heavy atom. The van der Waals surface area contributed by atoms with Crippen molar-refractivity contribution in [1.82, 2.24) is 18.8 Å². The van der Waals surface area contributed by atoms with Gasteiger partial charge in [-0.05, 0) is 12.1 Å². The summed E-state index contributed by atoms with van der Waals surface area (Å²) in [7, 11) is -2.20. The van der Waals surface area contributed by atoms with Crippen molar-refractivity contribution in [1.29, 1.82) is 0 Å². The van der Waals surface area contributed by atoms with E-state index in [1.54, 1.807) is 33.7 Å². The zero-order valence-electron chi connectivity index (χ0n) is 14.9. The highest BCUT2D eigenvalue weighted by atomic mass is 32.2. The van der Waals surface area contributed by atoms with E-state index in [9.17, 15) is 13.2 Å². The van der Waals surface area contributed by atoms with Gasteiger partial charge in [0.1, 0.15) is 11.2 Å². The number of rotatable bonds is 4. The number of benzene rings is 1. The summed E-state index contributed by atoms with van der Waals surface area (Å²) in [6, 6.07) is 6.76. The second kappa shape index (κ2) is 6.91. The lowest BCUT2D eigenvalue weighted by molar-refractivity contribution is 0.0792. The highest BCUT2D eigenvalue weighted by molar-refractivity contribution is 7.89. The highest BCUT2D eigenvalue weighted by Crippen LogP contribution is 2.31. The minimum Gasteiger partial charge on any atom is -0.383 e. The Hall–Kier alpha value is -2.49. The van der Waals surface area contributed by atoms with Gasteiger partial charge in [-0.25, -0.2) is 13.4 Å². The number of fused-ring (bicyclic) bond motifs is 3. The summed E-state index contributed by atoms with van der Waals surface area (Å²) in [5, 5.41) is 0. The zero-order valence-corrected chi connectivity index (χ0v) is 15.7. The molecule has 8 nitrogen and oxygen atoms in total. The van der Waals surface area contributed by atoms with Crippen LogP contribution in [0.2, 0.25) is 0 Å². The Bertz CT molecular complexity index is 1000. The molecule has 142 valence electrons. The van der Waals surface area contributed by atoms with Crippen molar-refractivity contribution >= 4 is 15.9 Å². The number of amides is 1. The second-order valence-electron chi connectivity index (χ2n) is 6.39. The molecule has 0 spiro atoms. The fourth-order valence-electron chi connectivity index (χ4n) is 3.36. The van der Waals surface area contributed by atoms with Gasteiger partial charge < -0.3 is 9.64 Å². The van der Waals surface area contributed by atoms with E-state index in [2.05, 4.69) is 4.98 Å². The van der Waals surface area contributed by atoms with Crippen molar-refractivity contribution in [3.05, 3.63) is 54.1 Å². The molecule has 0 N–H and O–H groups in total. The third kappa shape index (κ3) is 2.97. The third-order valence-corrected chi connectivity index (χ3v) is 6.68. The summed E-state index contributed by atoms with van der Waals surface area (Å²) in [4.78, 5) is 19.1. The van der Waals surface area contributed by atoms with Crippen LogP contribution in [0.1, 0.15) is 16.2 Å². The van der Waals surface area contributed by atoms with E-state index in [0.29, 0.717) is 24.5 Å². The number of carbonyl (C=O) groups excluding carboxylic acids is 1. The summed E-state index contributed by atoms with van der Waals surface area (Å²) in [5.41, 5.74) is 1.35. The van der Waals surface area contributed by atoms with Crippen LogP contribution in [0.5, 0.6) is 0 Å². The largest absolute Gasteiger partial charge is 0.383 e. The van der Waals surface area contributed by atoms with E-state index in [0.717, 1.165) is 0 Å². The average Bonchev–Trinajstić information content (AvgIpc) is 3.32. The second-order valence-corrected chi connectivity index (χ2v) is 8.30. The van der Waals surface area contributed by atoms with E-state index in [1.165, 1.54) is 17.7 Å². The number of hydrogen-bond acceptors (Lipinski definition) is 5. The van der Waals surface area contributed by atoms with Crippen LogP contribution in [-0.4, -0.2) is 66.4 Å². The molecule has 0 unspecified atom stereocenters. The predicted octanol–water partition coefficient (Wildman–Crippen LogP) is 1.03. The number of sulfonamides is 1. The molecule has 4 rings (SSSR count). The number of carbonyl (C=O) groups is 1. The van der Waals surface area contributed by atoms with Crippen molar-refractivity contribution in [3.8, 4) is 5.69 Å². The maximum Gasteiger partial charge on any atom is 0.274 e. The minimum absolute atomic E-state index is 0.0582. The van der Waals surface area contributed by atoms with Gasteiger partial charge in [0.25, 0.3) is 5.91 Å². The molecular weight excluding hydrogens is 368 g/mol. The van der Waals surface area contributed by atoms with E-state index >= 15 is 0 Å². The lowest BCUT2D eigenvalue weighted by Gasteiger charge is -2.20. The number of ether oxygens (including phenoxy) is 1. The molecule has 1 aromatic carbocycles. The Morgan fingerprint density at radius 3 is 2.70 bits per heavy atom. The van der Waals surface area contributed by atoms with Crippen LogP contribution in [0.15, 0.2) is 47.6 Å². The van der Waals surface area contributed by atoms with E-state index < -0.39 is 10.0 Å². The molecule has 27 heavy (non-hydrogen) atoms. The molecule has 0 atom stereocenters. The Kier molecular flexibility index (Phi) is 4.58. The summed E-state index contributed by atoms with van der Waals surface area (Å²) in [6.45, 7) is 1.58. The smallest absolute Gasteiger partial charge is 0.274 e. The fraction of sp³-hybridized carbons (Fsp3) is 0.333. The maximum atomic E-state index is 13.2. The number of para-hydroxylation sites is 1. The van der Waals surface area contributed by atoms with Crippen LogP contribution in [0, 0.1) is 0 Å². The van der Waals surface area contributed by atoms with Gasteiger partial charge in [0, 0.05) is 26.7 Å². The van der Waals surface area contributed by atoms with Gasteiger partial charge in [-0.3, -0.25) is 9.36 Å². The molecule has 0 aliphatic carbocycles. The molecule has 2 aliphatic heterocycles. The number of nitrogens with zero attached hydrogens (tertiary/aromatic N) is 4. The van der Waals surface area contributed by atoms with Crippen LogP contribution < -0.4 is 0 Å². The molecular formula is C18H20N4O4S. The molecule has 1 amide bonds. The predicted molar refractivity (Wildman–Crippen MR) is 98.1 cm³/mol. The molecule has 1 aromatic heterocycles. The number of imidazole rings is 1. The normalized spacial score (nSPS) is 18.2. The molecule has 0 radical (unpaired) electrons. The monoisotopic (exact) mass is 388 g/mol. The van der Waals surface area contributed by atoms with Crippen LogP contribution in [0.25, 0.3) is 5.69 Å². The molecule has 2 aromatic rings. The standard InChI is InChI=1S/C18H20N4O4S/c1-26-11-10-21-12-15-17(18(23)20-8-4-5-9-20)19-13-22(15)14-6-2-3-7-16(14)27(21,24)25/h2-7,13H,8-12H2,1H3. The van der Waals surface area contributed by atoms with Crippen molar-refractivity contribution in [2.75, 3.05) is 33.4 Å². The Labute approximate surface area is 157 Å². The quantitative estimate of drug-likeness (QED) is 0.731. The number of aromatic nitrogens is 2. The van der Waals surface area contributed by atoms with E-state index in [1.807, 2.05) is 12.2 Å². The van der Waals surface area contributed by atoms with E-state index in [4.69, 9.17) is 4.74 Å². The first-order chi connectivity index (χ1) is 13.0. The van der Waals surface area contributed by atoms with Gasteiger partial charge in [-0.1, -0.05) is 24.3 Å². The molecule has 0 fully saturated rings. The summed E-state index contributed by atoms with van der Waals surface area (Å²) >= 11 is 0. The van der Waals surface area contributed by atoms with Crippen LogP contribution in [0.4, 0.5) is 0 Å². The molecule has 3 heterocycles. The van der Waals surface area contributed by atoms with Gasteiger partial charge in [-0.2, -0.15) is 4.31 Å². The average molecular weight is 388 g/mol. The molecule has 0 bridgehead atoms. The van der Waals surface area contributed by atoms with Crippen LogP contribution in [-0.2, 0) is 21.3 Å². The maximum absolute atomic E-state index is 13.2. The lowest BCUT2D eigenvalue weighted by Crippen LogP contribution is -2.34. The van der Waals surface area contributed by atoms with Crippen LogP contribution >= 0.6 is 0 Å². The van der Waals surface area contributed by atoms with Gasteiger partial charge in [-0.15, -0.1) is 0 Å². The fourth-order valence-corrected chi connectivity index (χ4v) is 4.93. The first kappa shape index (κ1) is 17.9. The Balaban J connectivity index is 1.84. The van der Waals surface area contributed by atoms with Crippen molar-refractivity contribution in [2.45, 2.75) is 11.4 Å². The molecule has 9 heteroatoms. The lowest BCUT2D eigenvalue weighted by atomic mass is 10.2.